The number of benzene rings is 2. The molecule has 1 fully saturated rings. The summed E-state index contributed by atoms with van der Waals surface area (Å²) in [5.41, 5.74) is 2.10. The molecule has 3 atom stereocenters. The molecule has 4 nitrogen and oxygen atoms in total. The molecule has 1 aliphatic carbocycles. The predicted octanol–water partition coefficient (Wildman–Crippen LogP) is 3.43. The molecule has 0 aliphatic heterocycles. The van der Waals surface area contributed by atoms with Crippen LogP contribution in [0.15, 0.2) is 54.6 Å². The second-order valence-corrected chi connectivity index (χ2v) is 5.21. The van der Waals surface area contributed by atoms with Crippen LogP contribution in [0.2, 0.25) is 0 Å². The topological polar surface area (TPSA) is 63.4 Å². The normalized spacial score (nSPS) is 22.2. The zero-order valence-corrected chi connectivity index (χ0v) is 10.8. The molecular weight excluding hydrogens is 254 g/mol. The molecule has 0 heterocycles. The van der Waals surface area contributed by atoms with E-state index in [-0.39, 0.29) is 11.6 Å². The first-order chi connectivity index (χ1) is 9.66. The molecule has 2 aromatic carbocycles. The van der Waals surface area contributed by atoms with Gasteiger partial charge in [0, 0.05) is 12.1 Å². The van der Waals surface area contributed by atoms with Crippen molar-refractivity contribution in [3.8, 4) is 0 Å². The number of non-ortho nitro benzene ring substituents is 1. The fourth-order valence-corrected chi connectivity index (χ4v) is 2.69. The Hall–Kier alpha value is -2.20. The molecule has 1 saturated carbocycles. The van der Waals surface area contributed by atoms with Gasteiger partial charge in [-0.2, -0.15) is 0 Å². The number of nitro benzene ring substituents is 1. The average molecular weight is 269 g/mol. The van der Waals surface area contributed by atoms with Gasteiger partial charge in [0.25, 0.3) is 5.69 Å². The Morgan fingerprint density at radius 1 is 1.10 bits per heavy atom. The van der Waals surface area contributed by atoms with E-state index in [1.165, 1.54) is 12.1 Å². The molecule has 1 N–H and O–H groups in total. The van der Waals surface area contributed by atoms with E-state index in [1.54, 1.807) is 12.1 Å². The molecule has 0 radical (unpaired) electrons. The summed E-state index contributed by atoms with van der Waals surface area (Å²) >= 11 is 0. The molecule has 0 amide bonds. The lowest BCUT2D eigenvalue weighted by molar-refractivity contribution is -0.384. The molecule has 4 heteroatoms. The minimum Gasteiger partial charge on any atom is -0.388 e. The number of hydrogen-bond donors (Lipinski definition) is 1. The molecule has 0 spiro atoms. The van der Waals surface area contributed by atoms with Crippen molar-refractivity contribution >= 4 is 5.69 Å². The maximum atomic E-state index is 10.6. The van der Waals surface area contributed by atoms with Crippen molar-refractivity contribution in [2.75, 3.05) is 0 Å². The molecule has 1 unspecified atom stereocenters. The third-order valence-corrected chi connectivity index (χ3v) is 3.92. The third kappa shape index (κ3) is 2.42. The number of aliphatic hydroxyl groups excluding tert-OH is 1. The summed E-state index contributed by atoms with van der Waals surface area (Å²) < 4.78 is 0. The summed E-state index contributed by atoms with van der Waals surface area (Å²) in [5.74, 6) is 0.505. The van der Waals surface area contributed by atoms with Crippen LogP contribution in [0, 0.1) is 16.0 Å². The Kier molecular flexibility index (Phi) is 3.24. The van der Waals surface area contributed by atoms with Crippen LogP contribution in [-0.4, -0.2) is 10.0 Å². The number of hydrogen-bond acceptors (Lipinski definition) is 3. The number of nitrogens with zero attached hydrogens (tertiary/aromatic N) is 1. The highest BCUT2D eigenvalue weighted by Gasteiger charge is 2.43. The summed E-state index contributed by atoms with van der Waals surface area (Å²) in [7, 11) is 0. The highest BCUT2D eigenvalue weighted by atomic mass is 16.6. The molecule has 0 bridgehead atoms. The number of nitro groups is 1. The monoisotopic (exact) mass is 269 g/mol. The van der Waals surface area contributed by atoms with Gasteiger partial charge in [0.1, 0.15) is 0 Å². The molecule has 3 rings (SSSR count). The van der Waals surface area contributed by atoms with Crippen LogP contribution in [0.5, 0.6) is 0 Å². The van der Waals surface area contributed by atoms with Gasteiger partial charge >= 0.3 is 0 Å². The quantitative estimate of drug-likeness (QED) is 0.683. The highest BCUT2D eigenvalue weighted by Crippen LogP contribution is 2.54. The molecule has 2 aromatic rings. The van der Waals surface area contributed by atoms with Crippen LogP contribution in [0.25, 0.3) is 0 Å². The Morgan fingerprint density at radius 3 is 2.35 bits per heavy atom. The van der Waals surface area contributed by atoms with Crippen molar-refractivity contribution in [2.24, 2.45) is 5.92 Å². The molecule has 20 heavy (non-hydrogen) atoms. The van der Waals surface area contributed by atoms with Crippen molar-refractivity contribution in [1.29, 1.82) is 0 Å². The van der Waals surface area contributed by atoms with Crippen molar-refractivity contribution in [1.82, 2.24) is 0 Å². The lowest BCUT2D eigenvalue weighted by Gasteiger charge is -2.10. The standard InChI is InChI=1S/C16H15NO3/c18-16(12-4-2-1-3-5-12)15-10-14(15)11-6-8-13(9-7-11)17(19)20/h1-9,14-16,18H,10H2/t14-,15+,16?/m0/s1. The first kappa shape index (κ1) is 12.8. The van der Waals surface area contributed by atoms with E-state index in [2.05, 4.69) is 0 Å². The van der Waals surface area contributed by atoms with E-state index in [9.17, 15) is 15.2 Å². The lowest BCUT2D eigenvalue weighted by Crippen LogP contribution is -2.01. The first-order valence-electron chi connectivity index (χ1n) is 6.64. The van der Waals surface area contributed by atoms with Gasteiger partial charge < -0.3 is 5.11 Å². The van der Waals surface area contributed by atoms with Crippen molar-refractivity contribution in [3.63, 3.8) is 0 Å². The van der Waals surface area contributed by atoms with Crippen LogP contribution in [0.4, 0.5) is 5.69 Å². The van der Waals surface area contributed by atoms with Gasteiger partial charge in [-0.1, -0.05) is 42.5 Å². The summed E-state index contributed by atoms with van der Waals surface area (Å²) in [6, 6.07) is 16.3. The van der Waals surface area contributed by atoms with E-state index in [0.29, 0.717) is 5.92 Å². The third-order valence-electron chi connectivity index (χ3n) is 3.92. The number of rotatable bonds is 4. The van der Waals surface area contributed by atoms with Crippen LogP contribution < -0.4 is 0 Å². The second kappa shape index (κ2) is 5.06. The van der Waals surface area contributed by atoms with Crippen LogP contribution in [0.1, 0.15) is 29.6 Å². The average Bonchev–Trinajstić information content (AvgIpc) is 3.28. The van der Waals surface area contributed by atoms with E-state index in [0.717, 1.165) is 17.5 Å². The van der Waals surface area contributed by atoms with Crippen LogP contribution >= 0.6 is 0 Å². The van der Waals surface area contributed by atoms with Gasteiger partial charge in [-0.3, -0.25) is 10.1 Å². The molecular formula is C16H15NO3. The smallest absolute Gasteiger partial charge is 0.269 e. The van der Waals surface area contributed by atoms with E-state index < -0.39 is 11.0 Å². The SMILES string of the molecule is O=[N+]([O-])c1ccc([C@@H]2C[C@H]2C(O)c2ccccc2)cc1. The van der Waals surface area contributed by atoms with Crippen LogP contribution in [-0.2, 0) is 0 Å². The zero-order chi connectivity index (χ0) is 14.1. The minimum absolute atomic E-state index is 0.106. The van der Waals surface area contributed by atoms with Crippen molar-refractivity contribution in [2.45, 2.75) is 18.4 Å². The lowest BCUT2D eigenvalue weighted by atomic mass is 10.0. The fourth-order valence-electron chi connectivity index (χ4n) is 2.69. The Morgan fingerprint density at radius 2 is 1.75 bits per heavy atom. The van der Waals surface area contributed by atoms with E-state index in [1.807, 2.05) is 30.3 Å². The Bertz CT molecular complexity index is 609. The summed E-state index contributed by atoms with van der Waals surface area (Å²) in [6.07, 6.45) is 0.463. The van der Waals surface area contributed by atoms with Gasteiger partial charge in [0.15, 0.2) is 0 Å². The van der Waals surface area contributed by atoms with Gasteiger partial charge in [-0.25, -0.2) is 0 Å². The fraction of sp³-hybridized carbons (Fsp3) is 0.250. The van der Waals surface area contributed by atoms with Gasteiger partial charge in [-0.05, 0) is 29.4 Å². The summed E-state index contributed by atoms with van der Waals surface area (Å²) in [5, 5.41) is 20.9. The van der Waals surface area contributed by atoms with Crippen LogP contribution in [0.3, 0.4) is 0 Å². The number of aliphatic hydroxyl groups is 1. The van der Waals surface area contributed by atoms with Crippen molar-refractivity contribution in [3.05, 3.63) is 75.8 Å². The Labute approximate surface area is 116 Å². The zero-order valence-electron chi connectivity index (χ0n) is 10.8. The minimum atomic E-state index is -0.462. The van der Waals surface area contributed by atoms with E-state index >= 15 is 0 Å². The summed E-state index contributed by atoms with van der Waals surface area (Å²) in [4.78, 5) is 10.2. The maximum absolute atomic E-state index is 10.6. The molecule has 102 valence electrons. The molecule has 0 saturated heterocycles. The van der Waals surface area contributed by atoms with Crippen molar-refractivity contribution < 1.29 is 10.0 Å². The van der Waals surface area contributed by atoms with Gasteiger partial charge in [0.05, 0.1) is 11.0 Å². The maximum Gasteiger partial charge on any atom is 0.269 e. The van der Waals surface area contributed by atoms with E-state index in [4.69, 9.17) is 0 Å². The highest BCUT2D eigenvalue weighted by molar-refractivity contribution is 5.37. The molecule has 1 aliphatic rings. The first-order valence-corrected chi connectivity index (χ1v) is 6.64. The summed E-state index contributed by atoms with van der Waals surface area (Å²) in [6.45, 7) is 0. The van der Waals surface area contributed by atoms with Gasteiger partial charge in [0.2, 0.25) is 0 Å². The largest absolute Gasteiger partial charge is 0.388 e. The predicted molar refractivity (Wildman–Crippen MR) is 75.3 cm³/mol. The Balaban J connectivity index is 1.71. The van der Waals surface area contributed by atoms with Gasteiger partial charge in [-0.15, -0.1) is 0 Å². The molecule has 0 aromatic heterocycles. The second-order valence-electron chi connectivity index (χ2n) is 5.21.